The van der Waals surface area contributed by atoms with Crippen molar-refractivity contribution in [2.75, 3.05) is 11.9 Å². The van der Waals surface area contributed by atoms with Gasteiger partial charge >= 0.3 is 0 Å². The van der Waals surface area contributed by atoms with Crippen molar-refractivity contribution in [2.24, 2.45) is 0 Å². The van der Waals surface area contributed by atoms with Crippen molar-refractivity contribution in [3.05, 3.63) is 114 Å². The van der Waals surface area contributed by atoms with E-state index >= 15 is 0 Å². The Kier molecular flexibility index (Phi) is 6.77. The fraction of sp³-hybridized carbons (Fsp3) is 0.179. The molecule has 2 unspecified atom stereocenters. The molecule has 1 aliphatic heterocycles. The third-order valence-electron chi connectivity index (χ3n) is 6.27. The van der Waals surface area contributed by atoms with Crippen LogP contribution >= 0.6 is 12.2 Å². The van der Waals surface area contributed by atoms with Crippen LogP contribution < -0.4 is 10.6 Å². The van der Waals surface area contributed by atoms with Crippen molar-refractivity contribution < 1.29 is 9.18 Å². The van der Waals surface area contributed by atoms with E-state index in [2.05, 4.69) is 56.3 Å². The smallest absolute Gasteiger partial charge is 0.226 e. The van der Waals surface area contributed by atoms with Crippen LogP contribution in [-0.2, 0) is 4.79 Å². The third kappa shape index (κ3) is 4.99. The van der Waals surface area contributed by atoms with Gasteiger partial charge in [-0.25, -0.2) is 4.39 Å². The van der Waals surface area contributed by atoms with Crippen molar-refractivity contribution in [1.29, 1.82) is 0 Å². The molecule has 1 saturated heterocycles. The Morgan fingerprint density at radius 2 is 1.92 bits per heavy atom. The van der Waals surface area contributed by atoms with Crippen LogP contribution in [-0.4, -0.2) is 32.0 Å². The molecule has 2 N–H and O–H groups in total. The number of carbonyl (C=O) groups excluding carboxylic acids is 1. The number of aromatic nitrogens is 2. The lowest BCUT2D eigenvalue weighted by Crippen LogP contribution is -2.33. The molecule has 5 rings (SSSR count). The van der Waals surface area contributed by atoms with E-state index in [-0.39, 0.29) is 30.2 Å². The van der Waals surface area contributed by atoms with E-state index in [1.165, 1.54) is 17.7 Å². The van der Waals surface area contributed by atoms with Crippen LogP contribution in [0.3, 0.4) is 0 Å². The lowest BCUT2D eigenvalue weighted by molar-refractivity contribution is -0.116. The number of nitrogens with zero attached hydrogens (tertiary/aromatic N) is 3. The summed E-state index contributed by atoms with van der Waals surface area (Å²) >= 11 is 5.75. The number of aryl methyl sites for hydroxylation is 1. The monoisotopic (exact) mass is 499 g/mol. The van der Waals surface area contributed by atoms with Gasteiger partial charge in [0.05, 0.1) is 17.8 Å². The van der Waals surface area contributed by atoms with Crippen molar-refractivity contribution in [2.45, 2.75) is 25.4 Å². The fourth-order valence-corrected chi connectivity index (χ4v) is 4.93. The van der Waals surface area contributed by atoms with Crippen LogP contribution in [0.15, 0.2) is 91.3 Å². The SMILES string of the molecule is Cc1cccc(-n2cccc2C2C(c3ccccn3)NC(=S)N2CCC(=O)Nc2ccc(F)cc2)c1. The zero-order chi connectivity index (χ0) is 25.1. The molecule has 1 fully saturated rings. The molecule has 0 radical (unpaired) electrons. The maximum atomic E-state index is 13.2. The minimum Gasteiger partial charge on any atom is -0.352 e. The van der Waals surface area contributed by atoms with Gasteiger partial charge in [0.15, 0.2) is 5.11 Å². The molecule has 6 nitrogen and oxygen atoms in total. The summed E-state index contributed by atoms with van der Waals surface area (Å²) in [5, 5.41) is 6.84. The molecule has 1 aliphatic rings. The maximum absolute atomic E-state index is 13.2. The maximum Gasteiger partial charge on any atom is 0.226 e. The Morgan fingerprint density at radius 1 is 1.08 bits per heavy atom. The average Bonchev–Trinajstić information content (AvgIpc) is 3.49. The minimum absolute atomic E-state index is 0.168. The van der Waals surface area contributed by atoms with Crippen LogP contribution in [0.5, 0.6) is 0 Å². The summed E-state index contributed by atoms with van der Waals surface area (Å²) < 4.78 is 15.4. The molecule has 36 heavy (non-hydrogen) atoms. The van der Waals surface area contributed by atoms with Gasteiger partial charge in [0, 0.05) is 42.4 Å². The molecule has 0 bridgehead atoms. The van der Waals surface area contributed by atoms with E-state index in [0.717, 1.165) is 17.1 Å². The van der Waals surface area contributed by atoms with E-state index in [1.807, 2.05) is 36.5 Å². The first kappa shape index (κ1) is 23.7. The van der Waals surface area contributed by atoms with Gasteiger partial charge in [-0.15, -0.1) is 0 Å². The number of rotatable bonds is 7. The predicted octanol–water partition coefficient (Wildman–Crippen LogP) is 5.32. The number of thiocarbonyl (C=S) groups is 1. The number of amides is 1. The summed E-state index contributed by atoms with van der Waals surface area (Å²) in [7, 11) is 0. The Morgan fingerprint density at radius 3 is 2.67 bits per heavy atom. The molecule has 2 aromatic heterocycles. The third-order valence-corrected chi connectivity index (χ3v) is 6.62. The standard InChI is InChI=1S/C28H26FN5OS/c1-19-6-4-7-22(18-19)33-16-5-9-24(33)27-26(23-8-2-3-15-30-23)32-28(36)34(27)17-14-25(35)31-21-12-10-20(29)11-13-21/h2-13,15-16,18,26-27H,14,17H2,1H3,(H,31,35)(H,32,36). The Balaban J connectivity index is 1.44. The van der Waals surface area contributed by atoms with Gasteiger partial charge in [-0.3, -0.25) is 9.78 Å². The van der Waals surface area contributed by atoms with Gasteiger partial charge in [-0.05, 0) is 85.4 Å². The molecule has 2 aromatic carbocycles. The predicted molar refractivity (Wildman–Crippen MR) is 142 cm³/mol. The van der Waals surface area contributed by atoms with Crippen LogP contribution in [0, 0.1) is 12.7 Å². The highest BCUT2D eigenvalue weighted by Crippen LogP contribution is 2.39. The zero-order valence-corrected chi connectivity index (χ0v) is 20.6. The molecule has 3 heterocycles. The molecule has 182 valence electrons. The van der Waals surface area contributed by atoms with Crippen molar-refractivity contribution in [1.82, 2.24) is 19.8 Å². The van der Waals surface area contributed by atoms with Crippen LogP contribution in [0.2, 0.25) is 0 Å². The van der Waals surface area contributed by atoms with Gasteiger partial charge in [-0.1, -0.05) is 18.2 Å². The van der Waals surface area contributed by atoms with Crippen LogP contribution in [0.4, 0.5) is 10.1 Å². The quantitative estimate of drug-likeness (QED) is 0.337. The Hall–Kier alpha value is -4.04. The lowest BCUT2D eigenvalue weighted by Gasteiger charge is -2.29. The number of halogens is 1. The first-order chi connectivity index (χ1) is 17.5. The minimum atomic E-state index is -0.346. The molecule has 0 spiro atoms. The highest BCUT2D eigenvalue weighted by atomic mass is 32.1. The second kappa shape index (κ2) is 10.3. The first-order valence-electron chi connectivity index (χ1n) is 11.8. The summed E-state index contributed by atoms with van der Waals surface area (Å²) in [6, 6.07) is 23.6. The average molecular weight is 500 g/mol. The molecule has 1 amide bonds. The summed E-state index contributed by atoms with van der Waals surface area (Å²) in [6.07, 6.45) is 4.03. The summed E-state index contributed by atoms with van der Waals surface area (Å²) in [5.41, 5.74) is 4.70. The highest BCUT2D eigenvalue weighted by molar-refractivity contribution is 7.80. The van der Waals surface area contributed by atoms with Gasteiger partial charge < -0.3 is 20.1 Å². The molecule has 2 atom stereocenters. The molecular weight excluding hydrogens is 473 g/mol. The van der Waals surface area contributed by atoms with Crippen molar-refractivity contribution in [3.63, 3.8) is 0 Å². The van der Waals surface area contributed by atoms with Crippen molar-refractivity contribution in [3.8, 4) is 5.69 Å². The second-order valence-corrected chi connectivity index (χ2v) is 9.15. The molecule has 4 aromatic rings. The largest absolute Gasteiger partial charge is 0.352 e. The van der Waals surface area contributed by atoms with E-state index < -0.39 is 0 Å². The summed E-state index contributed by atoms with van der Waals surface area (Å²) in [4.78, 5) is 19.4. The Labute approximate surface area is 214 Å². The first-order valence-corrected chi connectivity index (χ1v) is 12.2. The topological polar surface area (TPSA) is 62.2 Å². The molecule has 0 aliphatic carbocycles. The number of hydrogen-bond acceptors (Lipinski definition) is 3. The highest BCUT2D eigenvalue weighted by Gasteiger charge is 2.41. The van der Waals surface area contributed by atoms with Crippen LogP contribution in [0.25, 0.3) is 5.69 Å². The summed E-state index contributed by atoms with van der Waals surface area (Å²) in [5.74, 6) is -0.514. The van der Waals surface area contributed by atoms with E-state index in [4.69, 9.17) is 12.2 Å². The van der Waals surface area contributed by atoms with Gasteiger partial charge in [0.2, 0.25) is 5.91 Å². The molecular formula is C28H26FN5OS. The molecule has 0 saturated carbocycles. The van der Waals surface area contributed by atoms with Crippen LogP contribution in [0.1, 0.15) is 35.5 Å². The van der Waals surface area contributed by atoms with E-state index in [1.54, 1.807) is 18.3 Å². The zero-order valence-electron chi connectivity index (χ0n) is 19.8. The number of anilines is 1. The number of hydrogen-bond donors (Lipinski definition) is 2. The molecule has 8 heteroatoms. The van der Waals surface area contributed by atoms with E-state index in [9.17, 15) is 9.18 Å². The second-order valence-electron chi connectivity index (χ2n) is 8.77. The lowest BCUT2D eigenvalue weighted by atomic mass is 10.0. The van der Waals surface area contributed by atoms with Crippen molar-refractivity contribution >= 4 is 28.9 Å². The van der Waals surface area contributed by atoms with E-state index in [0.29, 0.717) is 17.3 Å². The summed E-state index contributed by atoms with van der Waals surface area (Å²) in [6.45, 7) is 2.48. The normalized spacial score (nSPS) is 17.2. The number of benzene rings is 2. The Bertz CT molecular complexity index is 1370. The number of pyridine rings is 1. The number of carbonyl (C=O) groups is 1. The van der Waals surface area contributed by atoms with Gasteiger partial charge in [-0.2, -0.15) is 0 Å². The fourth-order valence-electron chi connectivity index (χ4n) is 4.59. The number of nitrogens with one attached hydrogen (secondary N) is 2. The van der Waals surface area contributed by atoms with Gasteiger partial charge in [0.25, 0.3) is 0 Å². The van der Waals surface area contributed by atoms with Gasteiger partial charge in [0.1, 0.15) is 5.82 Å².